The van der Waals surface area contributed by atoms with Crippen molar-refractivity contribution in [3.8, 4) is 0 Å². The number of nitrogens with two attached hydrogens (primary N) is 1. The van der Waals surface area contributed by atoms with Gasteiger partial charge in [0.05, 0.1) is 0 Å². The summed E-state index contributed by atoms with van der Waals surface area (Å²) in [6.07, 6.45) is 9.41. The van der Waals surface area contributed by atoms with Crippen molar-refractivity contribution in [3.05, 3.63) is 0 Å². The van der Waals surface area contributed by atoms with Gasteiger partial charge >= 0.3 is 0 Å². The van der Waals surface area contributed by atoms with E-state index in [0.717, 1.165) is 12.8 Å². The molecule has 0 saturated heterocycles. The molecule has 0 rings (SSSR count). The summed E-state index contributed by atoms with van der Waals surface area (Å²) in [6.45, 7) is 2.64. The minimum absolute atomic E-state index is 0.0503. The molecule has 0 aliphatic rings. The standard InChI is InChI=1S/C13H27N3O2/c1-2-3-4-5-6-7-8-9-13(17)15-11-10-12(14)16-18/h18H,2-11H2,1H3,(H2,14,16)(H,15,17). The molecule has 0 fully saturated rings. The predicted octanol–water partition coefficient (Wildman–Crippen LogP) is 2.38. The number of amidine groups is 1. The van der Waals surface area contributed by atoms with E-state index in [1.807, 2.05) is 0 Å². The first-order chi connectivity index (χ1) is 8.70. The average Bonchev–Trinajstić information content (AvgIpc) is 2.37. The summed E-state index contributed by atoms with van der Waals surface area (Å²) in [4.78, 5) is 11.4. The van der Waals surface area contributed by atoms with Gasteiger partial charge in [-0.1, -0.05) is 50.6 Å². The second-order valence-electron chi connectivity index (χ2n) is 4.56. The normalized spacial score (nSPS) is 11.5. The lowest BCUT2D eigenvalue weighted by atomic mass is 10.1. The molecule has 0 aromatic carbocycles. The molecule has 0 aromatic rings. The average molecular weight is 257 g/mol. The molecule has 18 heavy (non-hydrogen) atoms. The van der Waals surface area contributed by atoms with Crippen molar-refractivity contribution >= 4 is 11.7 Å². The Morgan fingerprint density at radius 1 is 1.11 bits per heavy atom. The fourth-order valence-corrected chi connectivity index (χ4v) is 1.71. The van der Waals surface area contributed by atoms with E-state index in [-0.39, 0.29) is 11.7 Å². The van der Waals surface area contributed by atoms with Crippen molar-refractivity contribution in [2.45, 2.75) is 64.7 Å². The van der Waals surface area contributed by atoms with Crippen LogP contribution in [0.2, 0.25) is 0 Å². The van der Waals surface area contributed by atoms with Crippen LogP contribution in [0.25, 0.3) is 0 Å². The lowest BCUT2D eigenvalue weighted by Gasteiger charge is -2.04. The zero-order valence-corrected chi connectivity index (χ0v) is 11.5. The maximum absolute atomic E-state index is 11.4. The first-order valence-corrected chi connectivity index (χ1v) is 6.93. The van der Waals surface area contributed by atoms with Crippen molar-refractivity contribution in [1.82, 2.24) is 5.32 Å². The summed E-state index contributed by atoms with van der Waals surface area (Å²) in [6, 6.07) is 0. The van der Waals surface area contributed by atoms with Crippen LogP contribution in [0.5, 0.6) is 0 Å². The minimum atomic E-state index is 0.0503. The van der Waals surface area contributed by atoms with Gasteiger partial charge in [-0.05, 0) is 6.42 Å². The van der Waals surface area contributed by atoms with E-state index in [1.165, 1.54) is 32.1 Å². The second kappa shape index (κ2) is 12.2. The van der Waals surface area contributed by atoms with Crippen molar-refractivity contribution in [2.24, 2.45) is 10.9 Å². The molecule has 106 valence electrons. The van der Waals surface area contributed by atoms with Crippen LogP contribution in [0, 0.1) is 0 Å². The van der Waals surface area contributed by atoms with E-state index in [9.17, 15) is 4.79 Å². The number of unbranched alkanes of at least 4 members (excludes halogenated alkanes) is 6. The Balaban J connectivity index is 3.27. The van der Waals surface area contributed by atoms with Gasteiger partial charge in [0.2, 0.25) is 5.91 Å². The molecule has 0 unspecified atom stereocenters. The van der Waals surface area contributed by atoms with Crippen LogP contribution in [0.4, 0.5) is 0 Å². The summed E-state index contributed by atoms with van der Waals surface area (Å²) >= 11 is 0. The Morgan fingerprint density at radius 2 is 1.72 bits per heavy atom. The van der Waals surface area contributed by atoms with Gasteiger partial charge in [-0.3, -0.25) is 4.79 Å². The Hall–Kier alpha value is -1.26. The van der Waals surface area contributed by atoms with Crippen LogP contribution in [-0.2, 0) is 4.79 Å². The van der Waals surface area contributed by atoms with Gasteiger partial charge in [-0.15, -0.1) is 0 Å². The first-order valence-electron chi connectivity index (χ1n) is 6.93. The van der Waals surface area contributed by atoms with Crippen LogP contribution in [0.3, 0.4) is 0 Å². The zero-order chi connectivity index (χ0) is 13.6. The summed E-state index contributed by atoms with van der Waals surface area (Å²) in [5.41, 5.74) is 5.29. The Labute approximate surface area is 110 Å². The fourth-order valence-electron chi connectivity index (χ4n) is 1.71. The molecule has 0 aliphatic carbocycles. The van der Waals surface area contributed by atoms with E-state index in [2.05, 4.69) is 17.4 Å². The molecule has 0 spiro atoms. The van der Waals surface area contributed by atoms with Crippen molar-refractivity contribution in [1.29, 1.82) is 0 Å². The van der Waals surface area contributed by atoms with Crippen LogP contribution >= 0.6 is 0 Å². The van der Waals surface area contributed by atoms with Gasteiger partial charge in [0, 0.05) is 19.4 Å². The molecule has 0 bridgehead atoms. The van der Waals surface area contributed by atoms with Gasteiger partial charge in [0.15, 0.2) is 0 Å². The predicted molar refractivity (Wildman–Crippen MR) is 73.6 cm³/mol. The molecule has 5 nitrogen and oxygen atoms in total. The number of nitrogens with zero attached hydrogens (tertiary/aromatic N) is 1. The van der Waals surface area contributed by atoms with Crippen molar-refractivity contribution in [2.75, 3.05) is 6.54 Å². The summed E-state index contributed by atoms with van der Waals surface area (Å²) < 4.78 is 0. The molecule has 4 N–H and O–H groups in total. The van der Waals surface area contributed by atoms with E-state index in [1.54, 1.807) is 0 Å². The molecular formula is C13H27N3O2. The van der Waals surface area contributed by atoms with E-state index >= 15 is 0 Å². The van der Waals surface area contributed by atoms with E-state index < -0.39 is 0 Å². The maximum atomic E-state index is 11.4. The molecule has 0 saturated carbocycles. The molecule has 0 radical (unpaired) electrons. The number of nitrogens with one attached hydrogen (secondary N) is 1. The third-order valence-electron chi connectivity index (χ3n) is 2.84. The molecule has 0 atom stereocenters. The quantitative estimate of drug-likeness (QED) is 0.174. The lowest BCUT2D eigenvalue weighted by Crippen LogP contribution is -2.27. The summed E-state index contributed by atoms with van der Waals surface area (Å²) in [5, 5.41) is 13.9. The topological polar surface area (TPSA) is 87.7 Å². The highest BCUT2D eigenvalue weighted by Crippen LogP contribution is 2.08. The van der Waals surface area contributed by atoms with Crippen LogP contribution in [0.15, 0.2) is 5.16 Å². The zero-order valence-electron chi connectivity index (χ0n) is 11.5. The first kappa shape index (κ1) is 16.7. The molecule has 1 amide bonds. The van der Waals surface area contributed by atoms with Crippen LogP contribution < -0.4 is 11.1 Å². The smallest absolute Gasteiger partial charge is 0.220 e. The van der Waals surface area contributed by atoms with Gasteiger partial charge in [-0.2, -0.15) is 0 Å². The molecule has 5 heteroatoms. The number of oxime groups is 1. The lowest BCUT2D eigenvalue weighted by molar-refractivity contribution is -0.121. The van der Waals surface area contributed by atoms with Gasteiger partial charge in [0.25, 0.3) is 0 Å². The Bertz CT molecular complexity index is 242. The minimum Gasteiger partial charge on any atom is -0.409 e. The number of carbonyl (C=O) groups excluding carboxylic acids is 1. The highest BCUT2D eigenvalue weighted by Gasteiger charge is 2.01. The fraction of sp³-hybridized carbons (Fsp3) is 0.846. The number of hydrogen-bond donors (Lipinski definition) is 3. The van der Waals surface area contributed by atoms with Crippen molar-refractivity contribution < 1.29 is 10.0 Å². The number of hydrogen-bond acceptors (Lipinski definition) is 3. The van der Waals surface area contributed by atoms with E-state index in [0.29, 0.717) is 19.4 Å². The van der Waals surface area contributed by atoms with E-state index in [4.69, 9.17) is 10.9 Å². The van der Waals surface area contributed by atoms with Crippen LogP contribution in [-0.4, -0.2) is 23.5 Å². The summed E-state index contributed by atoms with van der Waals surface area (Å²) in [7, 11) is 0. The molecule has 0 aliphatic heterocycles. The Kier molecular flexibility index (Phi) is 11.3. The molecular weight excluding hydrogens is 230 g/mol. The third-order valence-corrected chi connectivity index (χ3v) is 2.84. The third kappa shape index (κ3) is 11.2. The maximum Gasteiger partial charge on any atom is 0.220 e. The monoisotopic (exact) mass is 257 g/mol. The largest absolute Gasteiger partial charge is 0.409 e. The highest BCUT2D eigenvalue weighted by atomic mass is 16.4. The number of amides is 1. The van der Waals surface area contributed by atoms with Crippen LogP contribution in [0.1, 0.15) is 64.7 Å². The molecule has 0 heterocycles. The van der Waals surface area contributed by atoms with Crippen molar-refractivity contribution in [3.63, 3.8) is 0 Å². The number of rotatable bonds is 11. The Morgan fingerprint density at radius 3 is 2.33 bits per heavy atom. The second-order valence-corrected chi connectivity index (χ2v) is 4.56. The molecule has 0 aromatic heterocycles. The van der Waals surface area contributed by atoms with Gasteiger partial charge < -0.3 is 16.3 Å². The van der Waals surface area contributed by atoms with Gasteiger partial charge in [0.1, 0.15) is 5.84 Å². The highest BCUT2D eigenvalue weighted by molar-refractivity contribution is 5.81. The SMILES string of the molecule is CCCCCCCCCC(=O)NCCC(N)=NO. The number of carbonyl (C=O) groups is 1. The van der Waals surface area contributed by atoms with Gasteiger partial charge in [-0.25, -0.2) is 0 Å². The summed E-state index contributed by atoms with van der Waals surface area (Å²) in [5.74, 6) is 0.195.